The van der Waals surface area contributed by atoms with Crippen LogP contribution >= 0.6 is 11.8 Å². The molecule has 1 aromatic carbocycles. The van der Waals surface area contributed by atoms with Crippen LogP contribution in [-0.2, 0) is 20.4 Å². The van der Waals surface area contributed by atoms with Crippen molar-refractivity contribution >= 4 is 34.9 Å². The lowest BCUT2D eigenvalue weighted by molar-refractivity contribution is -0.127. The summed E-state index contributed by atoms with van der Waals surface area (Å²) in [6.07, 6.45) is 1.62. The standard InChI is InChI=1S/C20H26N2O4S/c1-19(2,3)12-7-11(8-13(16(12)24)20(4,5)6)9-14-17(25)22(10-15(21)23)18(26)27-14/h7-9,24H,10H2,1-6H3,(H2,21,23). The number of nitrogens with zero attached hydrogens (tertiary/aromatic N) is 1. The van der Waals surface area contributed by atoms with E-state index in [0.29, 0.717) is 5.56 Å². The van der Waals surface area contributed by atoms with Crippen molar-refractivity contribution in [3.05, 3.63) is 33.7 Å². The number of imide groups is 1. The normalized spacial score (nSPS) is 17.1. The van der Waals surface area contributed by atoms with Gasteiger partial charge in [-0.1, -0.05) is 41.5 Å². The van der Waals surface area contributed by atoms with Crippen LogP contribution in [-0.4, -0.2) is 33.6 Å². The summed E-state index contributed by atoms with van der Waals surface area (Å²) in [5, 5.41) is 10.3. The van der Waals surface area contributed by atoms with Gasteiger partial charge in [0, 0.05) is 11.1 Å². The molecule has 1 aliphatic rings. The molecule has 0 unspecified atom stereocenters. The van der Waals surface area contributed by atoms with Crippen molar-refractivity contribution in [2.75, 3.05) is 6.54 Å². The number of hydrogen-bond donors (Lipinski definition) is 2. The molecule has 0 aliphatic carbocycles. The van der Waals surface area contributed by atoms with Gasteiger partial charge in [0.25, 0.3) is 11.1 Å². The first-order valence-corrected chi connectivity index (χ1v) is 9.45. The summed E-state index contributed by atoms with van der Waals surface area (Å²) in [6, 6.07) is 3.65. The topological polar surface area (TPSA) is 101 Å². The molecule has 1 aliphatic heterocycles. The summed E-state index contributed by atoms with van der Waals surface area (Å²) in [4.78, 5) is 36.6. The molecule has 1 heterocycles. The molecule has 146 valence electrons. The van der Waals surface area contributed by atoms with Gasteiger partial charge in [0.05, 0.1) is 4.91 Å². The maximum absolute atomic E-state index is 12.4. The number of benzene rings is 1. The number of carbonyl (C=O) groups is 3. The quantitative estimate of drug-likeness (QED) is 0.769. The smallest absolute Gasteiger partial charge is 0.294 e. The Bertz CT molecular complexity index is 810. The Morgan fingerprint density at radius 1 is 1.11 bits per heavy atom. The molecule has 3 amide bonds. The first-order valence-electron chi connectivity index (χ1n) is 8.63. The number of hydrogen-bond acceptors (Lipinski definition) is 5. The van der Waals surface area contributed by atoms with E-state index in [1.165, 1.54) is 0 Å². The van der Waals surface area contributed by atoms with Crippen LogP contribution in [0.25, 0.3) is 6.08 Å². The fourth-order valence-electron chi connectivity index (χ4n) is 2.83. The summed E-state index contributed by atoms with van der Waals surface area (Å²) in [5.74, 6) is -1.03. The Balaban J connectivity index is 2.56. The molecule has 1 fully saturated rings. The third-order valence-electron chi connectivity index (χ3n) is 4.23. The lowest BCUT2D eigenvalue weighted by Gasteiger charge is -2.28. The van der Waals surface area contributed by atoms with Crippen molar-refractivity contribution in [1.29, 1.82) is 0 Å². The van der Waals surface area contributed by atoms with E-state index in [4.69, 9.17) is 5.73 Å². The molecule has 3 N–H and O–H groups in total. The predicted octanol–water partition coefficient (Wildman–Crippen LogP) is 3.51. The monoisotopic (exact) mass is 390 g/mol. The Labute approximate surface area is 163 Å². The second-order valence-corrected chi connectivity index (χ2v) is 9.69. The minimum absolute atomic E-state index is 0.228. The van der Waals surface area contributed by atoms with Crippen LogP contribution in [0.2, 0.25) is 0 Å². The number of carbonyl (C=O) groups excluding carboxylic acids is 3. The minimum atomic E-state index is -0.742. The first-order chi connectivity index (χ1) is 12.2. The van der Waals surface area contributed by atoms with Crippen molar-refractivity contribution in [3.8, 4) is 5.75 Å². The zero-order chi connectivity index (χ0) is 20.7. The van der Waals surface area contributed by atoms with Gasteiger partial charge in [-0.2, -0.15) is 0 Å². The van der Waals surface area contributed by atoms with Gasteiger partial charge in [-0.3, -0.25) is 19.3 Å². The maximum atomic E-state index is 12.4. The number of primary amides is 1. The van der Waals surface area contributed by atoms with E-state index in [1.54, 1.807) is 6.08 Å². The molecule has 2 rings (SSSR count). The van der Waals surface area contributed by atoms with Gasteiger partial charge >= 0.3 is 0 Å². The summed E-state index contributed by atoms with van der Waals surface area (Å²) < 4.78 is 0. The minimum Gasteiger partial charge on any atom is -0.507 e. The van der Waals surface area contributed by atoms with Gasteiger partial charge in [0.2, 0.25) is 5.91 Å². The van der Waals surface area contributed by atoms with Crippen LogP contribution in [0.15, 0.2) is 17.0 Å². The number of nitrogens with two attached hydrogens (primary N) is 1. The molecular formula is C20H26N2O4S. The molecule has 1 saturated heterocycles. The zero-order valence-corrected chi connectivity index (χ0v) is 17.4. The Morgan fingerprint density at radius 2 is 1.59 bits per heavy atom. The van der Waals surface area contributed by atoms with E-state index < -0.39 is 23.6 Å². The molecule has 27 heavy (non-hydrogen) atoms. The molecular weight excluding hydrogens is 364 g/mol. The van der Waals surface area contributed by atoms with Gasteiger partial charge in [-0.05, 0) is 46.4 Å². The van der Waals surface area contributed by atoms with Gasteiger partial charge in [0.15, 0.2) is 0 Å². The van der Waals surface area contributed by atoms with Crippen molar-refractivity contribution in [2.24, 2.45) is 5.73 Å². The molecule has 0 bridgehead atoms. The number of aromatic hydroxyl groups is 1. The molecule has 0 spiro atoms. The van der Waals surface area contributed by atoms with Crippen LogP contribution in [0.3, 0.4) is 0 Å². The SMILES string of the molecule is CC(C)(C)c1cc(C=C2SC(=O)N(CC(N)=O)C2=O)cc(C(C)(C)C)c1O. The average Bonchev–Trinajstić information content (AvgIpc) is 2.73. The molecule has 6 nitrogen and oxygen atoms in total. The fraction of sp³-hybridized carbons (Fsp3) is 0.450. The Morgan fingerprint density at radius 3 is 2.00 bits per heavy atom. The third kappa shape index (κ3) is 4.53. The predicted molar refractivity (Wildman–Crippen MR) is 107 cm³/mol. The molecule has 0 radical (unpaired) electrons. The van der Waals surface area contributed by atoms with Crippen molar-refractivity contribution in [1.82, 2.24) is 4.90 Å². The highest BCUT2D eigenvalue weighted by molar-refractivity contribution is 8.18. The molecule has 7 heteroatoms. The highest BCUT2D eigenvalue weighted by Crippen LogP contribution is 2.41. The van der Waals surface area contributed by atoms with Gasteiger partial charge < -0.3 is 10.8 Å². The number of amides is 3. The largest absolute Gasteiger partial charge is 0.507 e. The highest BCUT2D eigenvalue weighted by atomic mass is 32.2. The second-order valence-electron chi connectivity index (χ2n) is 8.70. The van der Waals surface area contributed by atoms with Gasteiger partial charge in [0.1, 0.15) is 12.3 Å². The van der Waals surface area contributed by atoms with E-state index in [2.05, 4.69) is 0 Å². The van der Waals surface area contributed by atoms with E-state index in [9.17, 15) is 19.5 Å². The summed E-state index contributed by atoms with van der Waals surface area (Å²) in [5.41, 5.74) is 6.73. The average molecular weight is 391 g/mol. The zero-order valence-electron chi connectivity index (χ0n) is 16.5. The number of thioether (sulfide) groups is 1. The number of rotatable bonds is 3. The Kier molecular flexibility index (Phi) is 5.48. The molecule has 0 saturated carbocycles. The van der Waals surface area contributed by atoms with Crippen molar-refractivity contribution in [3.63, 3.8) is 0 Å². The molecule has 1 aromatic rings. The lowest BCUT2D eigenvalue weighted by Crippen LogP contribution is -2.36. The summed E-state index contributed by atoms with van der Waals surface area (Å²) in [6.45, 7) is 11.6. The van der Waals surface area contributed by atoms with E-state index in [-0.39, 0.29) is 21.5 Å². The maximum Gasteiger partial charge on any atom is 0.294 e. The van der Waals surface area contributed by atoms with Crippen LogP contribution in [0.1, 0.15) is 58.2 Å². The molecule has 0 aromatic heterocycles. The summed E-state index contributed by atoms with van der Waals surface area (Å²) >= 11 is 0.778. The van der Waals surface area contributed by atoms with Crippen molar-refractivity contribution < 1.29 is 19.5 Å². The molecule has 0 atom stereocenters. The first kappa shape index (κ1) is 21.0. The van der Waals surface area contributed by atoms with E-state index in [0.717, 1.165) is 27.8 Å². The number of phenols is 1. The Hall–Kier alpha value is -2.28. The fourth-order valence-corrected chi connectivity index (χ4v) is 3.67. The number of phenolic OH excluding ortho intramolecular Hbond substituents is 1. The highest BCUT2D eigenvalue weighted by Gasteiger charge is 2.36. The summed E-state index contributed by atoms with van der Waals surface area (Å²) in [7, 11) is 0. The van der Waals surface area contributed by atoms with E-state index >= 15 is 0 Å². The van der Waals surface area contributed by atoms with Gasteiger partial charge in [-0.15, -0.1) is 0 Å². The third-order valence-corrected chi connectivity index (χ3v) is 5.14. The van der Waals surface area contributed by atoms with E-state index in [1.807, 2.05) is 53.7 Å². The lowest BCUT2D eigenvalue weighted by atomic mass is 9.78. The van der Waals surface area contributed by atoms with Gasteiger partial charge in [-0.25, -0.2) is 0 Å². The van der Waals surface area contributed by atoms with Crippen LogP contribution < -0.4 is 5.73 Å². The second kappa shape index (κ2) is 7.03. The van der Waals surface area contributed by atoms with Crippen LogP contribution in [0.4, 0.5) is 4.79 Å². The van der Waals surface area contributed by atoms with Crippen LogP contribution in [0, 0.1) is 0 Å². The van der Waals surface area contributed by atoms with Crippen LogP contribution in [0.5, 0.6) is 5.75 Å². The van der Waals surface area contributed by atoms with Crippen molar-refractivity contribution in [2.45, 2.75) is 52.4 Å².